The van der Waals surface area contributed by atoms with Crippen molar-refractivity contribution in [2.45, 2.75) is 18.9 Å². The monoisotopic (exact) mass is 564 g/mol. The Hall–Kier alpha value is -3.63. The molecule has 2 fully saturated rings. The van der Waals surface area contributed by atoms with Gasteiger partial charge in [0.2, 0.25) is 0 Å². The highest BCUT2D eigenvalue weighted by Crippen LogP contribution is 2.34. The number of anilines is 2. The van der Waals surface area contributed by atoms with E-state index in [1.54, 1.807) is 11.7 Å². The Morgan fingerprint density at radius 3 is 2.59 bits per heavy atom. The van der Waals surface area contributed by atoms with Crippen LogP contribution in [0.3, 0.4) is 0 Å². The van der Waals surface area contributed by atoms with E-state index >= 15 is 0 Å². The van der Waals surface area contributed by atoms with Gasteiger partial charge in [0, 0.05) is 48.7 Å². The lowest BCUT2D eigenvalue weighted by Crippen LogP contribution is -2.52. The molecule has 1 N–H and O–H groups in total. The number of aromatic nitrogens is 2. The van der Waals surface area contributed by atoms with E-state index in [0.717, 1.165) is 28.8 Å². The summed E-state index contributed by atoms with van der Waals surface area (Å²) < 4.78 is 14.0. The fourth-order valence-corrected chi connectivity index (χ4v) is 5.57. The van der Waals surface area contributed by atoms with E-state index in [1.165, 1.54) is 25.1 Å². The minimum Gasteiger partial charge on any atom is -0.477 e. The van der Waals surface area contributed by atoms with Gasteiger partial charge in [-0.15, -0.1) is 0 Å². The lowest BCUT2D eigenvalue weighted by molar-refractivity contribution is 0.0694. The van der Waals surface area contributed by atoms with Gasteiger partial charge in [0.1, 0.15) is 11.1 Å². The van der Waals surface area contributed by atoms with E-state index < -0.39 is 11.4 Å². The van der Waals surface area contributed by atoms with E-state index in [0.29, 0.717) is 41.6 Å². The second-order valence-electron chi connectivity index (χ2n) is 9.38. The number of rotatable bonds is 6. The topological polar surface area (TPSA) is 101 Å². The number of carboxylic acid groups (broad SMARTS) is 1. The summed E-state index contributed by atoms with van der Waals surface area (Å²) >= 11 is 3.70. The van der Waals surface area contributed by atoms with Gasteiger partial charge in [0.05, 0.1) is 30.6 Å². The Morgan fingerprint density at radius 1 is 1.11 bits per heavy atom. The molecule has 9 nitrogen and oxygen atoms in total. The van der Waals surface area contributed by atoms with Crippen molar-refractivity contribution in [2.24, 2.45) is 0 Å². The zero-order valence-electron chi connectivity index (χ0n) is 20.2. The Labute approximate surface area is 221 Å². The first-order chi connectivity index (χ1) is 17.9. The van der Waals surface area contributed by atoms with E-state index in [1.807, 2.05) is 41.3 Å². The number of carbonyl (C=O) groups is 1. The fourth-order valence-electron chi connectivity index (χ4n) is 4.94. The minimum absolute atomic E-state index is 0.167. The lowest BCUT2D eigenvalue weighted by Gasteiger charge is -2.36. The molecule has 2 aromatic heterocycles. The van der Waals surface area contributed by atoms with Crippen molar-refractivity contribution in [1.82, 2.24) is 9.55 Å². The van der Waals surface area contributed by atoms with Crippen LogP contribution >= 0.6 is 15.9 Å². The third-order valence-electron chi connectivity index (χ3n) is 7.06. The predicted octanol–water partition coefficient (Wildman–Crippen LogP) is 4.54. The Kier molecular flexibility index (Phi) is 6.00. The van der Waals surface area contributed by atoms with Gasteiger partial charge < -0.3 is 28.6 Å². The summed E-state index contributed by atoms with van der Waals surface area (Å²) in [4.78, 5) is 33.4. The molecule has 10 heteroatoms. The smallest absolute Gasteiger partial charge is 0.341 e. The van der Waals surface area contributed by atoms with Crippen LogP contribution in [0.4, 0.5) is 11.7 Å². The average molecular weight is 565 g/mol. The highest BCUT2D eigenvalue weighted by molar-refractivity contribution is 9.10. The van der Waals surface area contributed by atoms with Crippen molar-refractivity contribution < 1.29 is 19.1 Å². The molecule has 0 aliphatic carbocycles. The first-order valence-electron chi connectivity index (χ1n) is 12.1. The summed E-state index contributed by atoms with van der Waals surface area (Å²) in [6.45, 7) is 3.45. The molecular formula is C27H25BrN4O5. The second-order valence-corrected chi connectivity index (χ2v) is 10.2. The molecule has 0 bridgehead atoms. The third kappa shape index (κ3) is 4.30. The third-order valence-corrected chi connectivity index (χ3v) is 7.70. The Balaban J connectivity index is 1.43. The maximum Gasteiger partial charge on any atom is 0.341 e. The van der Waals surface area contributed by atoms with Gasteiger partial charge in [0.25, 0.3) is 6.01 Å². The van der Waals surface area contributed by atoms with E-state index in [9.17, 15) is 14.7 Å². The molecule has 2 saturated heterocycles. The molecule has 4 aromatic rings. The number of ether oxygens (including phenoxy) is 1. The van der Waals surface area contributed by atoms with Gasteiger partial charge in [-0.1, -0.05) is 6.07 Å². The summed E-state index contributed by atoms with van der Waals surface area (Å²) in [6.07, 6.45) is 3.88. The van der Waals surface area contributed by atoms with Crippen molar-refractivity contribution in [3.8, 4) is 16.9 Å². The number of benzene rings is 2. The van der Waals surface area contributed by atoms with Crippen molar-refractivity contribution in [3.05, 3.63) is 68.9 Å². The zero-order valence-corrected chi connectivity index (χ0v) is 21.8. The molecule has 0 unspecified atom stereocenters. The minimum atomic E-state index is -1.27. The summed E-state index contributed by atoms with van der Waals surface area (Å²) in [7, 11) is 1.69. The molecule has 0 amide bonds. The molecule has 190 valence electrons. The highest BCUT2D eigenvalue weighted by atomic mass is 79.9. The standard InChI is InChI=1S/C27H25BrN4O5/c1-36-18-13-31(14-18)27-29-21-6-5-17(11-25(21)37-27)32-15-19(26(34)35)24(33)12-23(32)16-4-7-22(20(28)10-16)30-8-2-3-9-30/h4-7,10-12,15,18H,2-3,8-9,13-14H2,1H3,(H,34,35). The van der Waals surface area contributed by atoms with Crippen LogP contribution in [0.1, 0.15) is 23.2 Å². The number of hydrogen-bond acceptors (Lipinski definition) is 7. The maximum absolute atomic E-state index is 12.7. The molecule has 0 saturated carbocycles. The highest BCUT2D eigenvalue weighted by Gasteiger charge is 2.30. The normalized spacial score (nSPS) is 15.9. The lowest BCUT2D eigenvalue weighted by atomic mass is 10.1. The van der Waals surface area contributed by atoms with Crippen LogP contribution in [0, 0.1) is 0 Å². The summed E-state index contributed by atoms with van der Waals surface area (Å²) in [6, 6.07) is 13.4. The van der Waals surface area contributed by atoms with Gasteiger partial charge in [0.15, 0.2) is 11.0 Å². The van der Waals surface area contributed by atoms with Crippen LogP contribution in [0.15, 0.2) is 62.3 Å². The molecule has 0 atom stereocenters. The van der Waals surface area contributed by atoms with Crippen molar-refractivity contribution in [1.29, 1.82) is 0 Å². The molecule has 2 aliphatic heterocycles. The summed E-state index contributed by atoms with van der Waals surface area (Å²) in [5.41, 5.74) is 3.54. The maximum atomic E-state index is 12.7. The first kappa shape index (κ1) is 23.7. The van der Waals surface area contributed by atoms with E-state index in [4.69, 9.17) is 9.15 Å². The molecule has 0 spiro atoms. The molecule has 37 heavy (non-hydrogen) atoms. The Bertz CT molecular complexity index is 1570. The van der Waals surface area contributed by atoms with Crippen molar-refractivity contribution >= 4 is 44.7 Å². The summed E-state index contributed by atoms with van der Waals surface area (Å²) in [5, 5.41) is 9.64. The first-order valence-corrected chi connectivity index (χ1v) is 12.9. The number of hydrogen-bond donors (Lipinski definition) is 1. The fraction of sp³-hybridized carbons (Fsp3) is 0.296. The molecular weight excluding hydrogens is 540 g/mol. The number of nitrogens with zero attached hydrogens (tertiary/aromatic N) is 4. The molecule has 2 aliphatic rings. The molecule has 4 heterocycles. The van der Waals surface area contributed by atoms with Crippen molar-refractivity contribution in [2.75, 3.05) is 43.1 Å². The molecule has 2 aromatic carbocycles. The number of methoxy groups -OCH3 is 1. The van der Waals surface area contributed by atoms with Gasteiger partial charge >= 0.3 is 5.97 Å². The second kappa shape index (κ2) is 9.35. The number of pyridine rings is 1. The van der Waals surface area contributed by atoms with Crippen LogP contribution in [0.2, 0.25) is 0 Å². The number of halogens is 1. The van der Waals surface area contributed by atoms with Crippen LogP contribution in [-0.2, 0) is 4.74 Å². The Morgan fingerprint density at radius 2 is 1.89 bits per heavy atom. The van der Waals surface area contributed by atoms with Gasteiger partial charge in [-0.05, 0) is 58.6 Å². The SMILES string of the molecule is COC1CN(c2nc3ccc(-n4cc(C(=O)O)c(=O)cc4-c4ccc(N5CCCC5)c(Br)c4)cc3o2)C1. The summed E-state index contributed by atoms with van der Waals surface area (Å²) in [5.74, 6) is -1.27. The van der Waals surface area contributed by atoms with Crippen LogP contribution in [0.5, 0.6) is 0 Å². The van der Waals surface area contributed by atoms with Crippen LogP contribution < -0.4 is 15.2 Å². The quantitative estimate of drug-likeness (QED) is 0.364. The van der Waals surface area contributed by atoms with Gasteiger partial charge in [-0.3, -0.25) is 4.79 Å². The molecule has 0 radical (unpaired) electrons. The van der Waals surface area contributed by atoms with E-state index in [-0.39, 0.29) is 11.7 Å². The van der Waals surface area contributed by atoms with Crippen LogP contribution in [0.25, 0.3) is 28.0 Å². The van der Waals surface area contributed by atoms with E-state index in [2.05, 4.69) is 25.8 Å². The van der Waals surface area contributed by atoms with Gasteiger partial charge in [-0.25, -0.2) is 4.79 Å². The van der Waals surface area contributed by atoms with Crippen LogP contribution in [-0.4, -0.2) is 60.0 Å². The van der Waals surface area contributed by atoms with Crippen molar-refractivity contribution in [3.63, 3.8) is 0 Å². The predicted molar refractivity (Wildman–Crippen MR) is 144 cm³/mol. The largest absolute Gasteiger partial charge is 0.477 e. The number of aromatic carboxylic acids is 1. The number of carboxylic acids is 1. The zero-order chi connectivity index (χ0) is 25.7. The molecule has 6 rings (SSSR count). The number of fused-ring (bicyclic) bond motifs is 1. The van der Waals surface area contributed by atoms with Gasteiger partial charge in [-0.2, -0.15) is 4.98 Å². The number of oxazole rings is 1. The average Bonchev–Trinajstić information content (AvgIpc) is 3.52.